The Morgan fingerprint density at radius 1 is 1.09 bits per heavy atom. The van der Waals surface area contributed by atoms with E-state index < -0.39 is 16.9 Å². The zero-order chi connectivity index (χ0) is 32.4. The van der Waals surface area contributed by atoms with Crippen molar-refractivity contribution in [1.82, 2.24) is 4.57 Å². The molecule has 0 radical (unpaired) electrons. The van der Waals surface area contributed by atoms with Crippen LogP contribution < -0.4 is 24.5 Å². The molecule has 0 saturated carbocycles. The molecule has 1 fully saturated rings. The first-order valence-corrected chi connectivity index (χ1v) is 16.1. The number of fused-ring (bicyclic) bond motifs is 1. The number of nitro benzene ring substituents is 1. The Balaban J connectivity index is 1.60. The fraction of sp³-hybridized carbons (Fsp3) is 0.286. The summed E-state index contributed by atoms with van der Waals surface area (Å²) in [5, 5.41) is 11.8. The van der Waals surface area contributed by atoms with E-state index in [1.807, 2.05) is 42.5 Å². The van der Waals surface area contributed by atoms with Crippen molar-refractivity contribution in [3.8, 4) is 5.75 Å². The summed E-state index contributed by atoms with van der Waals surface area (Å²) < 4.78 is 12.8. The SMILES string of the molecule is CCOC(=O)C1=C(c2ccccc2)N=c2s/c(=C/c3cc([N+](=O)[O-])ccc3N3CCC(C)CC3)c(=O)n2[C@@H]1c1ccc(OC)cc1. The zero-order valence-electron chi connectivity index (χ0n) is 25.8. The van der Waals surface area contributed by atoms with Gasteiger partial charge in [-0.3, -0.25) is 19.5 Å². The van der Waals surface area contributed by atoms with Crippen molar-refractivity contribution in [3.63, 3.8) is 0 Å². The summed E-state index contributed by atoms with van der Waals surface area (Å²) in [4.78, 5) is 46.9. The van der Waals surface area contributed by atoms with Gasteiger partial charge in [0.1, 0.15) is 5.75 Å². The fourth-order valence-corrected chi connectivity index (χ4v) is 6.98. The molecule has 2 aliphatic heterocycles. The van der Waals surface area contributed by atoms with E-state index in [2.05, 4.69) is 11.8 Å². The van der Waals surface area contributed by atoms with Crippen LogP contribution in [0.5, 0.6) is 5.75 Å². The average Bonchev–Trinajstić information content (AvgIpc) is 3.38. The van der Waals surface area contributed by atoms with Gasteiger partial charge in [0.25, 0.3) is 11.2 Å². The standard InChI is InChI=1S/C35H34N4O6S/c1-4-45-34(41)30-31(23-8-6-5-7-9-23)36-35-38(32(30)24-10-13-27(44-3)14-11-24)33(40)29(46-35)21-25-20-26(39(42)43)12-15-28(25)37-18-16-22(2)17-19-37/h5-15,20-22,32H,4,16-19H2,1-3H3/b29-21+/t32-/m1/s1. The first-order chi connectivity index (χ1) is 22.3. The minimum absolute atomic E-state index is 0.0553. The quantitative estimate of drug-likeness (QED) is 0.150. The molecule has 46 heavy (non-hydrogen) atoms. The van der Waals surface area contributed by atoms with Gasteiger partial charge in [-0.1, -0.05) is 60.7 Å². The number of hydrogen-bond acceptors (Lipinski definition) is 9. The van der Waals surface area contributed by atoms with Crippen molar-refractivity contribution < 1.29 is 19.2 Å². The van der Waals surface area contributed by atoms with Crippen LogP contribution in [0.15, 0.2) is 88.2 Å². The van der Waals surface area contributed by atoms with E-state index in [-0.39, 0.29) is 23.4 Å². The lowest BCUT2D eigenvalue weighted by molar-refractivity contribution is -0.384. The molecule has 1 saturated heterocycles. The molecular weight excluding hydrogens is 604 g/mol. The Labute approximate surface area is 269 Å². The van der Waals surface area contributed by atoms with E-state index in [4.69, 9.17) is 14.5 Å². The summed E-state index contributed by atoms with van der Waals surface area (Å²) >= 11 is 1.19. The molecule has 236 valence electrons. The molecule has 0 aliphatic carbocycles. The zero-order valence-corrected chi connectivity index (χ0v) is 26.7. The van der Waals surface area contributed by atoms with E-state index in [1.165, 1.54) is 28.0 Å². The van der Waals surface area contributed by atoms with Crippen molar-refractivity contribution in [2.24, 2.45) is 10.9 Å². The van der Waals surface area contributed by atoms with Gasteiger partial charge in [-0.25, -0.2) is 9.79 Å². The van der Waals surface area contributed by atoms with Gasteiger partial charge < -0.3 is 14.4 Å². The number of carbonyl (C=O) groups excluding carboxylic acids is 1. The Morgan fingerprint density at radius 3 is 2.46 bits per heavy atom. The van der Waals surface area contributed by atoms with Crippen molar-refractivity contribution >= 4 is 40.5 Å². The Bertz CT molecular complexity index is 1990. The molecule has 3 aromatic carbocycles. The lowest BCUT2D eigenvalue weighted by atomic mass is 9.93. The van der Waals surface area contributed by atoms with Gasteiger partial charge in [-0.2, -0.15) is 0 Å². The number of thiazole rings is 1. The number of benzene rings is 3. The summed E-state index contributed by atoms with van der Waals surface area (Å²) in [6, 6.07) is 20.5. The maximum Gasteiger partial charge on any atom is 0.338 e. The minimum atomic E-state index is -0.841. The third-order valence-electron chi connectivity index (χ3n) is 8.44. The number of carbonyl (C=O) groups is 1. The molecule has 1 aromatic heterocycles. The van der Waals surface area contributed by atoms with Gasteiger partial charge in [0.2, 0.25) is 0 Å². The highest BCUT2D eigenvalue weighted by atomic mass is 32.1. The van der Waals surface area contributed by atoms with Gasteiger partial charge in [-0.15, -0.1) is 0 Å². The van der Waals surface area contributed by atoms with Crippen LogP contribution in [0.25, 0.3) is 11.8 Å². The number of non-ortho nitro benzene ring substituents is 1. The van der Waals surface area contributed by atoms with E-state index in [0.717, 1.165) is 31.6 Å². The smallest absolute Gasteiger partial charge is 0.338 e. The third-order valence-corrected chi connectivity index (χ3v) is 9.42. The first-order valence-electron chi connectivity index (χ1n) is 15.2. The topological polar surface area (TPSA) is 116 Å². The van der Waals surface area contributed by atoms with Crippen molar-refractivity contribution in [2.45, 2.75) is 32.7 Å². The second-order valence-corrected chi connectivity index (χ2v) is 12.4. The summed E-state index contributed by atoms with van der Waals surface area (Å²) in [5.74, 6) is 0.665. The minimum Gasteiger partial charge on any atom is -0.497 e. The van der Waals surface area contributed by atoms with E-state index >= 15 is 0 Å². The van der Waals surface area contributed by atoms with E-state index in [0.29, 0.717) is 43.4 Å². The number of anilines is 1. The highest BCUT2D eigenvalue weighted by Crippen LogP contribution is 2.36. The lowest BCUT2D eigenvalue weighted by Gasteiger charge is -2.33. The monoisotopic (exact) mass is 638 g/mol. The van der Waals surface area contributed by atoms with Gasteiger partial charge in [0.05, 0.1) is 40.5 Å². The number of piperidine rings is 1. The molecule has 0 unspecified atom stereocenters. The maximum absolute atomic E-state index is 14.4. The summed E-state index contributed by atoms with van der Waals surface area (Å²) in [6.07, 6.45) is 3.74. The average molecular weight is 639 g/mol. The highest BCUT2D eigenvalue weighted by molar-refractivity contribution is 7.07. The number of rotatable bonds is 8. The molecule has 0 N–H and O–H groups in total. The van der Waals surface area contributed by atoms with Crippen LogP contribution in [0.4, 0.5) is 11.4 Å². The fourth-order valence-electron chi connectivity index (χ4n) is 5.99. The van der Waals surface area contributed by atoms with Crippen molar-refractivity contribution in [3.05, 3.63) is 125 Å². The molecule has 11 heteroatoms. The highest BCUT2D eigenvalue weighted by Gasteiger charge is 2.35. The van der Waals surface area contributed by atoms with Gasteiger partial charge in [0, 0.05) is 42.0 Å². The van der Waals surface area contributed by atoms with Crippen molar-refractivity contribution in [2.75, 3.05) is 31.7 Å². The number of nitro groups is 1. The van der Waals surface area contributed by atoms with Gasteiger partial charge >= 0.3 is 5.97 Å². The molecule has 0 amide bonds. The van der Waals surface area contributed by atoms with E-state index in [9.17, 15) is 19.7 Å². The third kappa shape index (κ3) is 5.97. The molecular formula is C35H34N4O6S. The number of esters is 1. The summed E-state index contributed by atoms with van der Waals surface area (Å²) in [6.45, 7) is 5.75. The molecule has 0 spiro atoms. The van der Waals surface area contributed by atoms with Gasteiger partial charge in [0.15, 0.2) is 4.80 Å². The predicted molar refractivity (Wildman–Crippen MR) is 178 cm³/mol. The molecule has 2 aliphatic rings. The molecule has 4 aromatic rings. The number of methoxy groups -OCH3 is 1. The molecule has 1 atom stereocenters. The Morgan fingerprint density at radius 2 is 1.80 bits per heavy atom. The van der Waals surface area contributed by atoms with Crippen molar-refractivity contribution in [1.29, 1.82) is 0 Å². The van der Waals surface area contributed by atoms with Gasteiger partial charge in [-0.05, 0) is 55.5 Å². The number of aromatic nitrogens is 1. The van der Waals surface area contributed by atoms with Crippen LogP contribution in [0.3, 0.4) is 0 Å². The number of hydrogen-bond donors (Lipinski definition) is 0. The van der Waals surface area contributed by atoms with E-state index in [1.54, 1.807) is 38.3 Å². The van der Waals surface area contributed by atoms with Crippen LogP contribution in [0.2, 0.25) is 0 Å². The second-order valence-electron chi connectivity index (χ2n) is 11.4. The molecule has 10 nitrogen and oxygen atoms in total. The second kappa shape index (κ2) is 13.1. The molecule has 6 rings (SSSR count). The van der Waals surface area contributed by atoms with Crippen LogP contribution in [-0.4, -0.2) is 42.3 Å². The van der Waals surface area contributed by atoms with Crippen LogP contribution >= 0.6 is 11.3 Å². The molecule has 0 bridgehead atoms. The Kier molecular flexibility index (Phi) is 8.85. The number of ether oxygens (including phenoxy) is 2. The summed E-state index contributed by atoms with van der Waals surface area (Å²) in [5.41, 5.74) is 3.07. The van der Waals surface area contributed by atoms with Crippen LogP contribution in [-0.2, 0) is 9.53 Å². The summed E-state index contributed by atoms with van der Waals surface area (Å²) in [7, 11) is 1.57. The first kappa shape index (κ1) is 31.0. The predicted octanol–water partition coefficient (Wildman–Crippen LogP) is 5.09. The van der Waals surface area contributed by atoms with Crippen LogP contribution in [0, 0.1) is 16.0 Å². The Hall–Kier alpha value is -5.03. The maximum atomic E-state index is 14.4. The largest absolute Gasteiger partial charge is 0.497 e. The normalized spacial score (nSPS) is 17.0. The van der Waals surface area contributed by atoms with Crippen LogP contribution in [0.1, 0.15) is 49.4 Å². The molecule has 3 heterocycles. The number of nitrogens with zero attached hydrogens (tertiary/aromatic N) is 4. The lowest BCUT2D eigenvalue weighted by Crippen LogP contribution is -2.40.